The van der Waals surface area contributed by atoms with Crippen LogP contribution in [-0.2, 0) is 16.4 Å². The van der Waals surface area contributed by atoms with E-state index in [1.807, 2.05) is 49.3 Å². The van der Waals surface area contributed by atoms with E-state index < -0.39 is 10.0 Å². The summed E-state index contributed by atoms with van der Waals surface area (Å²) >= 11 is 0. The van der Waals surface area contributed by atoms with Crippen LogP contribution in [0.3, 0.4) is 0 Å². The molecule has 2 aromatic carbocycles. The van der Waals surface area contributed by atoms with Crippen LogP contribution >= 0.6 is 0 Å². The van der Waals surface area contributed by atoms with Gasteiger partial charge in [0.15, 0.2) is 0 Å². The van der Waals surface area contributed by atoms with E-state index in [9.17, 15) is 13.2 Å². The fourth-order valence-corrected chi connectivity index (χ4v) is 9.27. The minimum Gasteiger partial charge on any atom is -0.497 e. The molecule has 2 saturated heterocycles. The first-order chi connectivity index (χ1) is 20.6. The number of piperidine rings is 2. The molecule has 2 fully saturated rings. The summed E-state index contributed by atoms with van der Waals surface area (Å²) < 4.78 is 34.6. The maximum absolute atomic E-state index is 13.9. The van der Waals surface area contributed by atoms with Crippen molar-refractivity contribution in [1.29, 1.82) is 0 Å². The van der Waals surface area contributed by atoms with E-state index in [1.54, 1.807) is 26.3 Å². The molecule has 0 saturated carbocycles. The van der Waals surface area contributed by atoms with Crippen molar-refractivity contribution < 1.29 is 17.9 Å². The van der Waals surface area contributed by atoms with Crippen molar-refractivity contribution in [2.75, 3.05) is 45.2 Å². The van der Waals surface area contributed by atoms with Gasteiger partial charge in [-0.2, -0.15) is 4.31 Å². The van der Waals surface area contributed by atoms with E-state index >= 15 is 0 Å². The smallest absolute Gasteiger partial charge is 0.253 e. The molecule has 9 heteroatoms. The van der Waals surface area contributed by atoms with Crippen LogP contribution in [0.5, 0.6) is 5.75 Å². The fourth-order valence-electron chi connectivity index (χ4n) is 7.50. The second-order valence-electron chi connectivity index (χ2n) is 12.6. The van der Waals surface area contributed by atoms with Crippen LogP contribution < -0.4 is 9.64 Å². The number of anilines is 1. The van der Waals surface area contributed by atoms with Crippen molar-refractivity contribution in [3.8, 4) is 5.75 Å². The maximum atomic E-state index is 13.9. The molecule has 3 heterocycles. The number of benzene rings is 2. The van der Waals surface area contributed by atoms with Crippen molar-refractivity contribution in [2.24, 2.45) is 5.41 Å². The predicted octanol–water partition coefficient (Wildman–Crippen LogP) is 5.54. The third kappa shape index (κ3) is 5.53. The summed E-state index contributed by atoms with van der Waals surface area (Å²) in [6.07, 6.45) is 9.53. The molecule has 1 aromatic heterocycles. The number of rotatable bonds is 6. The highest BCUT2D eigenvalue weighted by Gasteiger charge is 2.40. The van der Waals surface area contributed by atoms with Crippen LogP contribution in [0.25, 0.3) is 0 Å². The summed E-state index contributed by atoms with van der Waals surface area (Å²) in [6.45, 7) is 7.22. The molecule has 0 radical (unpaired) electrons. The number of aromatic nitrogens is 1. The Kier molecular flexibility index (Phi) is 7.98. The lowest BCUT2D eigenvalue weighted by Gasteiger charge is -2.47. The molecule has 228 valence electrons. The van der Waals surface area contributed by atoms with Crippen LogP contribution in [-0.4, -0.2) is 68.9 Å². The largest absolute Gasteiger partial charge is 0.497 e. The van der Waals surface area contributed by atoms with Gasteiger partial charge in [0.2, 0.25) is 10.0 Å². The first-order valence-corrected chi connectivity index (χ1v) is 16.8. The lowest BCUT2D eigenvalue weighted by molar-refractivity contribution is 0.0515. The number of hydrogen-bond donors (Lipinski definition) is 0. The Morgan fingerprint density at radius 1 is 0.953 bits per heavy atom. The normalized spacial score (nSPS) is 20.0. The number of nitrogens with zero attached hydrogens (tertiary/aromatic N) is 4. The van der Waals surface area contributed by atoms with Crippen LogP contribution in [0.1, 0.15) is 70.8 Å². The number of ether oxygens (including phenoxy) is 1. The first-order valence-electron chi connectivity index (χ1n) is 15.3. The van der Waals surface area contributed by atoms with Gasteiger partial charge in [-0.3, -0.25) is 9.78 Å². The van der Waals surface area contributed by atoms with Gasteiger partial charge >= 0.3 is 0 Å². The van der Waals surface area contributed by atoms with Crippen LogP contribution in [0.15, 0.2) is 59.8 Å². The number of pyridine rings is 1. The number of methoxy groups -OCH3 is 1. The van der Waals surface area contributed by atoms with Crippen molar-refractivity contribution in [3.05, 3.63) is 82.7 Å². The Bertz CT molecular complexity index is 1580. The monoisotopic (exact) mass is 602 g/mol. The van der Waals surface area contributed by atoms with Gasteiger partial charge in [-0.15, -0.1) is 0 Å². The SMILES string of the molecule is COc1cc(C)c(S(=O)(=O)N(C)C2CCc3ccc(C(=O)N4CCC5(CC4)CCN(c4ccncc4)CC5)cc32)c(C)c1. The van der Waals surface area contributed by atoms with Gasteiger partial charge in [0, 0.05) is 56.9 Å². The fraction of sp³-hybridized carbons (Fsp3) is 0.471. The number of aryl methyl sites for hydroxylation is 3. The van der Waals surface area contributed by atoms with Crippen LogP contribution in [0.4, 0.5) is 5.69 Å². The van der Waals surface area contributed by atoms with Crippen molar-refractivity contribution >= 4 is 21.6 Å². The standard InChI is InChI=1S/C34H42N4O4S/c1-24-21-29(42-4)22-25(2)32(24)43(40,41)36(3)31-8-7-26-5-6-27(23-30(26)31)33(39)38-19-13-34(14-20-38)11-17-37(18-12-34)28-9-15-35-16-10-28/h5-6,9-10,15-16,21-23,31H,7-8,11-14,17-20H2,1-4H3. The second kappa shape index (κ2) is 11.6. The maximum Gasteiger partial charge on any atom is 0.253 e. The Morgan fingerprint density at radius 2 is 1.58 bits per heavy atom. The summed E-state index contributed by atoms with van der Waals surface area (Å²) in [6, 6.07) is 13.3. The average molecular weight is 603 g/mol. The van der Waals surface area contributed by atoms with Gasteiger partial charge in [0.05, 0.1) is 18.0 Å². The van der Waals surface area contributed by atoms with E-state index in [4.69, 9.17) is 4.74 Å². The highest BCUT2D eigenvalue weighted by atomic mass is 32.2. The van der Waals surface area contributed by atoms with Crippen molar-refractivity contribution in [2.45, 2.75) is 63.3 Å². The first kappa shape index (κ1) is 29.6. The molecule has 0 N–H and O–H groups in total. The average Bonchev–Trinajstić information content (AvgIpc) is 3.44. The molecule has 1 spiro atoms. The zero-order valence-corrected chi connectivity index (χ0v) is 26.5. The summed E-state index contributed by atoms with van der Waals surface area (Å²) in [4.78, 5) is 22.6. The number of amides is 1. The van der Waals surface area contributed by atoms with Gasteiger partial charge in [0.25, 0.3) is 5.91 Å². The van der Waals surface area contributed by atoms with Crippen molar-refractivity contribution in [1.82, 2.24) is 14.2 Å². The third-order valence-electron chi connectivity index (χ3n) is 10.1. The summed E-state index contributed by atoms with van der Waals surface area (Å²) in [5.41, 5.74) is 5.58. The summed E-state index contributed by atoms with van der Waals surface area (Å²) in [7, 11) is -0.521. The minimum atomic E-state index is -3.77. The number of carbonyl (C=O) groups is 1. The Labute approximate surface area is 255 Å². The molecule has 43 heavy (non-hydrogen) atoms. The lowest BCUT2D eigenvalue weighted by atomic mass is 9.71. The Balaban J connectivity index is 1.14. The molecule has 3 aliphatic rings. The number of carbonyl (C=O) groups excluding carboxylic acids is 1. The third-order valence-corrected chi connectivity index (χ3v) is 12.3. The molecule has 3 aromatic rings. The van der Waals surface area contributed by atoms with E-state index in [2.05, 4.69) is 22.0 Å². The molecule has 2 aliphatic heterocycles. The highest BCUT2D eigenvalue weighted by molar-refractivity contribution is 7.89. The van der Waals surface area contributed by atoms with E-state index in [0.717, 1.165) is 69.4 Å². The van der Waals surface area contributed by atoms with Gasteiger partial charge in [-0.1, -0.05) is 6.07 Å². The molecule has 8 nitrogen and oxygen atoms in total. The second-order valence-corrected chi connectivity index (χ2v) is 14.5. The van der Waals surface area contributed by atoms with Gasteiger partial charge in [-0.25, -0.2) is 8.42 Å². The lowest BCUT2D eigenvalue weighted by Crippen LogP contribution is -2.48. The molecule has 1 aliphatic carbocycles. The number of likely N-dealkylation sites (tertiary alicyclic amines) is 1. The molecular formula is C34H42N4O4S. The number of hydrogen-bond acceptors (Lipinski definition) is 6. The molecule has 1 unspecified atom stereocenters. The number of fused-ring (bicyclic) bond motifs is 1. The predicted molar refractivity (Wildman–Crippen MR) is 168 cm³/mol. The van der Waals surface area contributed by atoms with Crippen molar-refractivity contribution in [3.63, 3.8) is 0 Å². The zero-order valence-electron chi connectivity index (χ0n) is 25.7. The molecule has 6 rings (SSSR count). The zero-order chi connectivity index (χ0) is 30.4. The minimum absolute atomic E-state index is 0.0462. The molecule has 1 amide bonds. The molecule has 1 atom stereocenters. The van der Waals surface area contributed by atoms with E-state index in [0.29, 0.717) is 39.2 Å². The van der Waals surface area contributed by atoms with Gasteiger partial charge in [0.1, 0.15) is 5.75 Å². The Morgan fingerprint density at radius 3 is 2.21 bits per heavy atom. The highest BCUT2D eigenvalue weighted by Crippen LogP contribution is 2.43. The summed E-state index contributed by atoms with van der Waals surface area (Å²) in [5.74, 6) is 0.690. The van der Waals surface area contributed by atoms with Gasteiger partial charge < -0.3 is 14.5 Å². The van der Waals surface area contributed by atoms with E-state index in [1.165, 1.54) is 9.99 Å². The van der Waals surface area contributed by atoms with E-state index in [-0.39, 0.29) is 11.9 Å². The quantitative estimate of drug-likeness (QED) is 0.369. The molecular weight excluding hydrogens is 560 g/mol. The van der Waals surface area contributed by atoms with Crippen LogP contribution in [0.2, 0.25) is 0 Å². The Hall–Kier alpha value is -3.43. The topological polar surface area (TPSA) is 83.0 Å². The number of sulfonamides is 1. The van der Waals surface area contributed by atoms with Gasteiger partial charge in [-0.05, 0) is 116 Å². The molecule has 0 bridgehead atoms. The van der Waals surface area contributed by atoms with Crippen LogP contribution in [0, 0.1) is 19.3 Å². The summed E-state index contributed by atoms with van der Waals surface area (Å²) in [5, 5.41) is 0.